The zero-order chi connectivity index (χ0) is 13.2. The Hall–Kier alpha value is -1.90. The van der Waals surface area contributed by atoms with Crippen LogP contribution in [0, 0.1) is 11.6 Å². The molecule has 2 aromatic rings. The van der Waals surface area contributed by atoms with Gasteiger partial charge in [0, 0.05) is 18.3 Å². The van der Waals surface area contributed by atoms with E-state index in [1.165, 1.54) is 17.7 Å². The Morgan fingerprint density at radius 2 is 1.79 bits per heavy atom. The molecule has 0 radical (unpaired) electrons. The topological polar surface area (TPSA) is 12.0 Å². The fourth-order valence-corrected chi connectivity index (χ4v) is 2.78. The summed E-state index contributed by atoms with van der Waals surface area (Å²) in [6.07, 6.45) is 1.66. The summed E-state index contributed by atoms with van der Waals surface area (Å²) in [5.74, 6) is -0.687. The minimum atomic E-state index is -0.503. The molecule has 0 spiro atoms. The molecule has 0 saturated heterocycles. The molecule has 0 fully saturated rings. The lowest BCUT2D eigenvalue weighted by Crippen LogP contribution is -2.18. The van der Waals surface area contributed by atoms with E-state index >= 15 is 0 Å². The van der Waals surface area contributed by atoms with Crippen LogP contribution in [-0.4, -0.2) is 6.54 Å². The summed E-state index contributed by atoms with van der Waals surface area (Å²) < 4.78 is 26.5. The quantitative estimate of drug-likeness (QED) is 0.856. The average molecular weight is 259 g/mol. The second kappa shape index (κ2) is 5.00. The molecule has 3 heteroatoms. The van der Waals surface area contributed by atoms with E-state index in [1.54, 1.807) is 0 Å². The normalized spacial score (nSPS) is 17.7. The van der Waals surface area contributed by atoms with E-state index < -0.39 is 11.6 Å². The lowest BCUT2D eigenvalue weighted by molar-refractivity contribution is 0.570. The minimum Gasteiger partial charge on any atom is -0.385 e. The predicted molar refractivity (Wildman–Crippen MR) is 72.4 cm³/mol. The van der Waals surface area contributed by atoms with Crippen molar-refractivity contribution in [1.82, 2.24) is 0 Å². The van der Waals surface area contributed by atoms with Crippen LogP contribution in [0.25, 0.3) is 0 Å². The molecular weight excluding hydrogens is 244 g/mol. The third-order valence-electron chi connectivity index (χ3n) is 3.61. The van der Waals surface area contributed by atoms with Gasteiger partial charge in [-0.15, -0.1) is 0 Å². The number of rotatable bonds is 2. The summed E-state index contributed by atoms with van der Waals surface area (Å²) in [5.41, 5.74) is 3.09. The van der Waals surface area contributed by atoms with Crippen molar-refractivity contribution in [3.8, 4) is 0 Å². The second-order valence-electron chi connectivity index (χ2n) is 4.98. The van der Waals surface area contributed by atoms with Gasteiger partial charge in [-0.2, -0.15) is 0 Å². The zero-order valence-corrected chi connectivity index (χ0v) is 10.5. The molecular formula is C16H15F2N. The van der Waals surface area contributed by atoms with E-state index in [1.807, 2.05) is 18.2 Å². The number of nitrogens with one attached hydrogen (secondary N) is 1. The van der Waals surface area contributed by atoms with Crippen LogP contribution in [0.5, 0.6) is 0 Å². The van der Waals surface area contributed by atoms with E-state index in [0.29, 0.717) is 12.3 Å². The van der Waals surface area contributed by atoms with E-state index in [4.69, 9.17) is 0 Å². The number of hydrogen-bond acceptors (Lipinski definition) is 1. The fourth-order valence-electron chi connectivity index (χ4n) is 2.78. The number of halogens is 2. The Morgan fingerprint density at radius 1 is 1.05 bits per heavy atom. The molecule has 3 rings (SSSR count). The van der Waals surface area contributed by atoms with Gasteiger partial charge in [-0.1, -0.05) is 18.2 Å². The van der Waals surface area contributed by atoms with Crippen molar-refractivity contribution in [3.05, 3.63) is 65.2 Å². The molecule has 1 nitrogen and oxygen atoms in total. The largest absolute Gasteiger partial charge is 0.385 e. The van der Waals surface area contributed by atoms with Crippen LogP contribution >= 0.6 is 0 Å². The first-order valence-electron chi connectivity index (χ1n) is 6.50. The molecule has 0 amide bonds. The molecule has 0 aromatic heterocycles. The van der Waals surface area contributed by atoms with Crippen LogP contribution in [0.1, 0.15) is 23.5 Å². The van der Waals surface area contributed by atoms with Crippen molar-refractivity contribution in [2.75, 3.05) is 11.9 Å². The van der Waals surface area contributed by atoms with Gasteiger partial charge in [0.15, 0.2) is 0 Å². The maximum absolute atomic E-state index is 13.2. The molecule has 1 heterocycles. The number of para-hydroxylation sites is 1. The first-order valence-corrected chi connectivity index (χ1v) is 6.50. The summed E-state index contributed by atoms with van der Waals surface area (Å²) in [4.78, 5) is 0. The molecule has 0 saturated carbocycles. The maximum atomic E-state index is 13.2. The van der Waals surface area contributed by atoms with Gasteiger partial charge in [0.1, 0.15) is 11.6 Å². The van der Waals surface area contributed by atoms with E-state index in [-0.39, 0.29) is 0 Å². The molecule has 1 N–H and O–H groups in total. The van der Waals surface area contributed by atoms with Crippen LogP contribution in [0.15, 0.2) is 42.5 Å². The Balaban J connectivity index is 1.88. The molecule has 1 unspecified atom stereocenters. The van der Waals surface area contributed by atoms with Gasteiger partial charge in [0.05, 0.1) is 0 Å². The van der Waals surface area contributed by atoms with Gasteiger partial charge in [-0.25, -0.2) is 8.78 Å². The Morgan fingerprint density at radius 3 is 2.58 bits per heavy atom. The average Bonchev–Trinajstić information content (AvgIpc) is 2.38. The Labute approximate surface area is 111 Å². The number of fused-ring (bicyclic) bond motifs is 1. The minimum absolute atomic E-state index is 0.318. The molecule has 98 valence electrons. The smallest absolute Gasteiger partial charge is 0.126 e. The van der Waals surface area contributed by atoms with Crippen LogP contribution in [0.4, 0.5) is 14.5 Å². The van der Waals surface area contributed by atoms with Gasteiger partial charge >= 0.3 is 0 Å². The predicted octanol–water partition coefficient (Wildman–Crippen LogP) is 4.11. The molecule has 1 aliphatic heterocycles. The molecule has 19 heavy (non-hydrogen) atoms. The third kappa shape index (κ3) is 2.60. The highest BCUT2D eigenvalue weighted by atomic mass is 19.1. The van der Waals surface area contributed by atoms with Crippen LogP contribution < -0.4 is 5.32 Å². The number of hydrogen-bond donors (Lipinski definition) is 1. The summed E-state index contributed by atoms with van der Waals surface area (Å²) in [7, 11) is 0. The third-order valence-corrected chi connectivity index (χ3v) is 3.61. The Bertz CT molecular complexity index is 575. The van der Waals surface area contributed by atoms with Crippen molar-refractivity contribution in [2.45, 2.75) is 18.8 Å². The van der Waals surface area contributed by atoms with Crippen molar-refractivity contribution >= 4 is 5.69 Å². The highest BCUT2D eigenvalue weighted by molar-refractivity contribution is 5.55. The van der Waals surface area contributed by atoms with Crippen molar-refractivity contribution < 1.29 is 8.78 Å². The second-order valence-corrected chi connectivity index (χ2v) is 4.98. The van der Waals surface area contributed by atoms with Crippen LogP contribution in [0.3, 0.4) is 0 Å². The number of anilines is 1. The molecule has 1 aliphatic rings. The summed E-state index contributed by atoms with van der Waals surface area (Å²) in [5, 5.41) is 3.35. The SMILES string of the molecule is Fc1cc(F)cc(CC2CCNc3ccccc32)c1. The maximum Gasteiger partial charge on any atom is 0.126 e. The molecule has 2 aromatic carbocycles. The molecule has 0 bridgehead atoms. The molecule has 0 aliphatic carbocycles. The first-order chi connectivity index (χ1) is 9.22. The highest BCUT2D eigenvalue weighted by Crippen LogP contribution is 2.33. The standard InChI is InChI=1S/C16H15F2N/c17-13-8-11(9-14(18)10-13)7-12-5-6-19-16-4-2-1-3-15(12)16/h1-4,8-10,12,19H,5-7H2. The van der Waals surface area contributed by atoms with Gasteiger partial charge in [0.2, 0.25) is 0 Å². The van der Waals surface area contributed by atoms with Gasteiger partial charge in [-0.3, -0.25) is 0 Å². The van der Waals surface area contributed by atoms with Gasteiger partial charge < -0.3 is 5.32 Å². The van der Waals surface area contributed by atoms with Crippen molar-refractivity contribution in [3.63, 3.8) is 0 Å². The van der Waals surface area contributed by atoms with Crippen LogP contribution in [-0.2, 0) is 6.42 Å². The van der Waals surface area contributed by atoms with E-state index in [0.717, 1.165) is 30.3 Å². The summed E-state index contributed by atoms with van der Waals surface area (Å²) in [6, 6.07) is 11.9. The van der Waals surface area contributed by atoms with Crippen LogP contribution in [0.2, 0.25) is 0 Å². The van der Waals surface area contributed by atoms with E-state index in [2.05, 4.69) is 11.4 Å². The summed E-state index contributed by atoms with van der Waals surface area (Å²) in [6.45, 7) is 0.902. The zero-order valence-electron chi connectivity index (χ0n) is 10.5. The first kappa shape index (κ1) is 12.2. The van der Waals surface area contributed by atoms with Crippen molar-refractivity contribution in [1.29, 1.82) is 0 Å². The lowest BCUT2D eigenvalue weighted by atomic mass is 9.86. The Kier molecular flexibility index (Phi) is 3.20. The lowest BCUT2D eigenvalue weighted by Gasteiger charge is -2.26. The van der Waals surface area contributed by atoms with Gasteiger partial charge in [-0.05, 0) is 48.1 Å². The summed E-state index contributed by atoms with van der Waals surface area (Å²) >= 11 is 0. The molecule has 1 atom stereocenters. The number of benzene rings is 2. The fraction of sp³-hybridized carbons (Fsp3) is 0.250. The monoisotopic (exact) mass is 259 g/mol. The van der Waals surface area contributed by atoms with Crippen molar-refractivity contribution in [2.24, 2.45) is 0 Å². The van der Waals surface area contributed by atoms with E-state index in [9.17, 15) is 8.78 Å². The highest BCUT2D eigenvalue weighted by Gasteiger charge is 2.20. The van der Waals surface area contributed by atoms with Gasteiger partial charge in [0.25, 0.3) is 0 Å².